The van der Waals surface area contributed by atoms with Gasteiger partial charge in [-0.25, -0.2) is 0 Å². The van der Waals surface area contributed by atoms with E-state index in [-0.39, 0.29) is 0 Å². The first kappa shape index (κ1) is 12.4. The lowest BCUT2D eigenvalue weighted by Gasteiger charge is -2.19. The molecule has 0 saturated carbocycles. The topological polar surface area (TPSA) is 39.1 Å². The molecule has 0 spiro atoms. The fourth-order valence-electron chi connectivity index (χ4n) is 1.22. The number of rotatable bonds is 6. The quantitative estimate of drug-likeness (QED) is 0.673. The molecule has 0 amide bonds. The molecule has 0 aliphatic carbocycles. The maximum atomic E-state index is 8.47. The molecule has 0 heterocycles. The predicted molar refractivity (Wildman–Crippen MR) is 55.5 cm³/mol. The van der Waals surface area contributed by atoms with Crippen LogP contribution in [-0.4, -0.2) is 37.6 Å². The molecular formula is C10H21N3. The summed E-state index contributed by atoms with van der Waals surface area (Å²) >= 11 is 0. The Hall–Kier alpha value is -0.590. The first-order chi connectivity index (χ1) is 6.06. The number of hydrogen-bond acceptors (Lipinski definition) is 3. The Morgan fingerprint density at radius 3 is 2.38 bits per heavy atom. The maximum Gasteiger partial charge on any atom is 0.0638 e. The zero-order valence-electron chi connectivity index (χ0n) is 9.17. The molecule has 0 radical (unpaired) electrons. The summed E-state index contributed by atoms with van der Waals surface area (Å²) in [6.45, 7) is 5.31. The second-order valence-electron chi connectivity index (χ2n) is 3.92. The standard InChI is InChI=1S/C10H21N3/c1-9(5-7-11)12-10(2)6-8-13(3)4/h9-10,12H,5-6,8H2,1-4H3. The molecule has 0 aromatic heterocycles. The summed E-state index contributed by atoms with van der Waals surface area (Å²) in [5.74, 6) is 0. The molecule has 0 aliphatic heterocycles. The van der Waals surface area contributed by atoms with E-state index in [1.807, 2.05) is 0 Å². The van der Waals surface area contributed by atoms with Gasteiger partial charge in [-0.15, -0.1) is 0 Å². The molecule has 0 rings (SSSR count). The van der Waals surface area contributed by atoms with Crippen molar-refractivity contribution in [1.82, 2.24) is 10.2 Å². The van der Waals surface area contributed by atoms with Gasteiger partial charge in [-0.05, 0) is 40.9 Å². The van der Waals surface area contributed by atoms with Crippen LogP contribution in [0, 0.1) is 11.3 Å². The third-order valence-corrected chi connectivity index (χ3v) is 1.98. The van der Waals surface area contributed by atoms with E-state index in [0.29, 0.717) is 18.5 Å². The van der Waals surface area contributed by atoms with Crippen LogP contribution in [0.5, 0.6) is 0 Å². The third-order valence-electron chi connectivity index (χ3n) is 1.98. The summed E-state index contributed by atoms with van der Waals surface area (Å²) in [5, 5.41) is 11.9. The van der Waals surface area contributed by atoms with Crippen molar-refractivity contribution in [3.63, 3.8) is 0 Å². The highest BCUT2D eigenvalue weighted by molar-refractivity contribution is 4.79. The van der Waals surface area contributed by atoms with E-state index in [4.69, 9.17) is 5.26 Å². The molecule has 2 atom stereocenters. The van der Waals surface area contributed by atoms with Crippen molar-refractivity contribution in [2.24, 2.45) is 0 Å². The predicted octanol–water partition coefficient (Wildman–Crippen LogP) is 1.22. The third kappa shape index (κ3) is 7.76. The Balaban J connectivity index is 3.50. The van der Waals surface area contributed by atoms with E-state index < -0.39 is 0 Å². The first-order valence-corrected chi connectivity index (χ1v) is 4.84. The summed E-state index contributed by atoms with van der Waals surface area (Å²) in [4.78, 5) is 2.17. The van der Waals surface area contributed by atoms with Crippen LogP contribution in [-0.2, 0) is 0 Å². The second-order valence-corrected chi connectivity index (χ2v) is 3.92. The van der Waals surface area contributed by atoms with Crippen LogP contribution < -0.4 is 5.32 Å². The molecule has 76 valence electrons. The van der Waals surface area contributed by atoms with Gasteiger partial charge in [-0.3, -0.25) is 0 Å². The van der Waals surface area contributed by atoms with Gasteiger partial charge in [0.1, 0.15) is 0 Å². The normalized spacial score (nSPS) is 15.4. The average molecular weight is 183 g/mol. The minimum atomic E-state index is 0.308. The number of nitriles is 1. The zero-order chi connectivity index (χ0) is 10.3. The van der Waals surface area contributed by atoms with Gasteiger partial charge in [0.25, 0.3) is 0 Å². The summed E-state index contributed by atoms with van der Waals surface area (Å²) in [7, 11) is 4.15. The van der Waals surface area contributed by atoms with Gasteiger partial charge < -0.3 is 10.2 Å². The van der Waals surface area contributed by atoms with Crippen LogP contribution >= 0.6 is 0 Å². The highest BCUT2D eigenvalue weighted by Crippen LogP contribution is 1.96. The van der Waals surface area contributed by atoms with Gasteiger partial charge in [0, 0.05) is 12.1 Å². The molecule has 3 nitrogen and oxygen atoms in total. The molecule has 2 unspecified atom stereocenters. The van der Waals surface area contributed by atoms with Crippen molar-refractivity contribution < 1.29 is 0 Å². The van der Waals surface area contributed by atoms with Gasteiger partial charge in [0.15, 0.2) is 0 Å². The van der Waals surface area contributed by atoms with Gasteiger partial charge in [0.05, 0.1) is 12.5 Å². The van der Waals surface area contributed by atoms with Crippen molar-refractivity contribution >= 4 is 0 Å². The monoisotopic (exact) mass is 183 g/mol. The van der Waals surface area contributed by atoms with Crippen molar-refractivity contribution in [3.05, 3.63) is 0 Å². The second kappa shape index (κ2) is 6.88. The van der Waals surface area contributed by atoms with Crippen LogP contribution in [0.3, 0.4) is 0 Å². The van der Waals surface area contributed by atoms with Crippen molar-refractivity contribution in [3.8, 4) is 6.07 Å². The van der Waals surface area contributed by atoms with Crippen LogP contribution in [0.1, 0.15) is 26.7 Å². The Labute approximate surface area is 81.7 Å². The summed E-state index contributed by atoms with van der Waals surface area (Å²) in [6.07, 6.45) is 1.72. The summed E-state index contributed by atoms with van der Waals surface area (Å²) in [5.41, 5.74) is 0. The number of hydrogen-bond donors (Lipinski definition) is 1. The smallest absolute Gasteiger partial charge is 0.0638 e. The minimum Gasteiger partial charge on any atom is -0.311 e. The van der Waals surface area contributed by atoms with Crippen molar-refractivity contribution in [1.29, 1.82) is 5.26 Å². The Morgan fingerprint density at radius 2 is 1.92 bits per heavy atom. The molecular weight excluding hydrogens is 162 g/mol. The average Bonchev–Trinajstić information content (AvgIpc) is 2.01. The minimum absolute atomic E-state index is 0.308. The van der Waals surface area contributed by atoms with E-state index in [0.717, 1.165) is 13.0 Å². The molecule has 1 N–H and O–H groups in total. The van der Waals surface area contributed by atoms with E-state index in [1.54, 1.807) is 0 Å². The van der Waals surface area contributed by atoms with Gasteiger partial charge in [-0.2, -0.15) is 5.26 Å². The summed E-state index contributed by atoms with van der Waals surface area (Å²) in [6, 6.07) is 2.96. The van der Waals surface area contributed by atoms with Crippen LogP contribution in [0.25, 0.3) is 0 Å². The molecule has 0 saturated heterocycles. The van der Waals surface area contributed by atoms with Crippen molar-refractivity contribution in [2.45, 2.75) is 38.8 Å². The highest BCUT2D eigenvalue weighted by Gasteiger charge is 2.06. The van der Waals surface area contributed by atoms with Crippen LogP contribution in [0.15, 0.2) is 0 Å². The van der Waals surface area contributed by atoms with E-state index in [9.17, 15) is 0 Å². The van der Waals surface area contributed by atoms with E-state index in [2.05, 4.69) is 44.2 Å². The summed E-state index contributed by atoms with van der Waals surface area (Å²) < 4.78 is 0. The Kier molecular flexibility index (Phi) is 6.56. The maximum absolute atomic E-state index is 8.47. The van der Waals surface area contributed by atoms with Crippen LogP contribution in [0.4, 0.5) is 0 Å². The van der Waals surface area contributed by atoms with E-state index >= 15 is 0 Å². The van der Waals surface area contributed by atoms with Crippen molar-refractivity contribution in [2.75, 3.05) is 20.6 Å². The first-order valence-electron chi connectivity index (χ1n) is 4.84. The lowest BCUT2D eigenvalue weighted by Crippen LogP contribution is -2.36. The van der Waals surface area contributed by atoms with Gasteiger partial charge in [-0.1, -0.05) is 0 Å². The molecule has 0 aliphatic rings. The fourth-order valence-corrected chi connectivity index (χ4v) is 1.22. The van der Waals surface area contributed by atoms with E-state index in [1.165, 1.54) is 0 Å². The zero-order valence-corrected chi connectivity index (χ0v) is 9.17. The fraction of sp³-hybridized carbons (Fsp3) is 0.900. The SMILES string of the molecule is CC(CC#N)NC(C)CCN(C)C. The number of nitrogens with zero attached hydrogens (tertiary/aromatic N) is 2. The highest BCUT2D eigenvalue weighted by atomic mass is 15.1. The molecule has 0 aromatic carbocycles. The van der Waals surface area contributed by atoms with Crippen LogP contribution in [0.2, 0.25) is 0 Å². The van der Waals surface area contributed by atoms with Gasteiger partial charge >= 0.3 is 0 Å². The molecule has 0 bridgehead atoms. The molecule has 13 heavy (non-hydrogen) atoms. The lowest BCUT2D eigenvalue weighted by atomic mass is 10.2. The molecule has 3 heteroatoms. The Morgan fingerprint density at radius 1 is 1.31 bits per heavy atom. The number of nitrogens with one attached hydrogen (secondary N) is 1. The Bertz CT molecular complexity index is 160. The van der Waals surface area contributed by atoms with Gasteiger partial charge in [0.2, 0.25) is 0 Å². The largest absolute Gasteiger partial charge is 0.311 e. The lowest BCUT2D eigenvalue weighted by molar-refractivity contribution is 0.353. The molecule has 0 fully saturated rings. The molecule has 0 aromatic rings.